The Morgan fingerprint density at radius 2 is 2.28 bits per heavy atom. The molecule has 1 aliphatic rings. The molecule has 1 fully saturated rings. The first-order valence-corrected chi connectivity index (χ1v) is 10.4. The predicted octanol–water partition coefficient (Wildman–Crippen LogP) is 2.44. The number of aromatic nitrogens is 2. The maximum Gasteiger partial charge on any atom is 0.191 e. The molecule has 0 amide bonds. The van der Waals surface area contributed by atoms with Gasteiger partial charge in [0.15, 0.2) is 5.96 Å². The number of nitrogens with zero attached hydrogens (tertiary/aromatic N) is 3. The third kappa shape index (κ3) is 6.78. The van der Waals surface area contributed by atoms with E-state index in [9.17, 15) is 0 Å². The minimum atomic E-state index is 0.491. The number of ether oxygens (including phenoxy) is 2. The van der Waals surface area contributed by atoms with Crippen molar-refractivity contribution in [3.63, 3.8) is 0 Å². The van der Waals surface area contributed by atoms with Crippen molar-refractivity contribution in [3.8, 4) is 5.75 Å². The van der Waals surface area contributed by atoms with Crippen LogP contribution >= 0.6 is 0 Å². The van der Waals surface area contributed by atoms with Crippen LogP contribution in [-0.4, -0.2) is 49.2 Å². The molecule has 1 atom stereocenters. The topological polar surface area (TPSA) is 72.7 Å². The zero-order valence-electron chi connectivity index (χ0n) is 17.8. The molecule has 0 radical (unpaired) electrons. The number of guanidine groups is 1. The van der Waals surface area contributed by atoms with Gasteiger partial charge in [0.2, 0.25) is 0 Å². The zero-order chi connectivity index (χ0) is 20.5. The van der Waals surface area contributed by atoms with Gasteiger partial charge in [-0.1, -0.05) is 12.1 Å². The highest BCUT2D eigenvalue weighted by Crippen LogP contribution is 2.22. The van der Waals surface area contributed by atoms with Crippen LogP contribution in [0.4, 0.5) is 0 Å². The van der Waals surface area contributed by atoms with E-state index in [0.717, 1.165) is 56.3 Å². The van der Waals surface area contributed by atoms with E-state index in [1.807, 2.05) is 17.9 Å². The minimum absolute atomic E-state index is 0.491. The Morgan fingerprint density at radius 3 is 3.00 bits per heavy atom. The summed E-state index contributed by atoms with van der Waals surface area (Å²) in [7, 11) is 3.74. The lowest BCUT2D eigenvalue weighted by atomic mass is 10.1. The van der Waals surface area contributed by atoms with Crippen LogP contribution in [0.25, 0.3) is 0 Å². The number of rotatable bonds is 9. The number of hydrogen-bond donors (Lipinski definition) is 2. The summed E-state index contributed by atoms with van der Waals surface area (Å²) in [6.45, 7) is 5.96. The van der Waals surface area contributed by atoms with Crippen LogP contribution in [0.2, 0.25) is 0 Å². The molecular weight excluding hydrogens is 366 g/mol. The normalized spacial score (nSPS) is 16.8. The maximum atomic E-state index is 6.13. The van der Waals surface area contributed by atoms with E-state index in [0.29, 0.717) is 19.1 Å². The van der Waals surface area contributed by atoms with Gasteiger partial charge in [-0.3, -0.25) is 9.67 Å². The average molecular weight is 400 g/mol. The summed E-state index contributed by atoms with van der Waals surface area (Å²) in [6.07, 6.45) is 7.08. The third-order valence-electron chi connectivity index (χ3n) is 5.08. The molecule has 1 unspecified atom stereocenters. The first-order valence-electron chi connectivity index (χ1n) is 10.4. The zero-order valence-corrected chi connectivity index (χ0v) is 17.8. The monoisotopic (exact) mass is 399 g/mol. The van der Waals surface area contributed by atoms with E-state index >= 15 is 0 Å². The van der Waals surface area contributed by atoms with E-state index in [2.05, 4.69) is 52.0 Å². The number of aliphatic imine (C=N–C) groups is 1. The summed E-state index contributed by atoms with van der Waals surface area (Å²) in [5.41, 5.74) is 3.59. The Hall–Kier alpha value is -2.54. The summed E-state index contributed by atoms with van der Waals surface area (Å²) in [5.74, 6) is 2.23. The molecule has 1 aromatic heterocycles. The molecule has 1 aliphatic heterocycles. The van der Waals surface area contributed by atoms with Crippen molar-refractivity contribution in [1.29, 1.82) is 0 Å². The Bertz CT molecular complexity index is 796. The molecule has 1 saturated heterocycles. The van der Waals surface area contributed by atoms with Crippen LogP contribution in [0, 0.1) is 12.8 Å². The van der Waals surface area contributed by atoms with Crippen molar-refractivity contribution in [2.45, 2.75) is 32.7 Å². The summed E-state index contributed by atoms with van der Waals surface area (Å²) in [4.78, 5) is 4.33. The molecule has 158 valence electrons. The minimum Gasteiger partial charge on any atom is -0.493 e. The van der Waals surface area contributed by atoms with Crippen LogP contribution in [0.5, 0.6) is 5.75 Å². The summed E-state index contributed by atoms with van der Waals surface area (Å²) >= 11 is 0. The largest absolute Gasteiger partial charge is 0.493 e. The van der Waals surface area contributed by atoms with Gasteiger partial charge in [-0.2, -0.15) is 5.10 Å². The second-order valence-corrected chi connectivity index (χ2v) is 7.63. The number of aryl methyl sites for hydroxylation is 3. The highest BCUT2D eigenvalue weighted by atomic mass is 16.5. The van der Waals surface area contributed by atoms with Crippen molar-refractivity contribution in [2.75, 3.05) is 33.4 Å². The summed E-state index contributed by atoms with van der Waals surface area (Å²) in [5, 5.41) is 11.0. The van der Waals surface area contributed by atoms with Crippen LogP contribution in [-0.2, 0) is 24.8 Å². The molecule has 0 spiro atoms. The molecule has 0 aliphatic carbocycles. The fourth-order valence-electron chi connectivity index (χ4n) is 3.36. The number of benzene rings is 1. The molecule has 2 N–H and O–H groups in total. The molecule has 3 rings (SSSR count). The smallest absolute Gasteiger partial charge is 0.191 e. The van der Waals surface area contributed by atoms with Crippen LogP contribution in [0.1, 0.15) is 29.5 Å². The third-order valence-corrected chi connectivity index (χ3v) is 5.08. The van der Waals surface area contributed by atoms with Crippen molar-refractivity contribution < 1.29 is 9.47 Å². The lowest BCUT2D eigenvalue weighted by molar-refractivity contribution is 0.166. The highest BCUT2D eigenvalue weighted by Gasteiger charge is 2.17. The van der Waals surface area contributed by atoms with Gasteiger partial charge in [-0.15, -0.1) is 0 Å². The van der Waals surface area contributed by atoms with E-state index < -0.39 is 0 Å². The van der Waals surface area contributed by atoms with Gasteiger partial charge >= 0.3 is 0 Å². The van der Waals surface area contributed by atoms with E-state index in [4.69, 9.17) is 9.47 Å². The van der Waals surface area contributed by atoms with Gasteiger partial charge in [0.1, 0.15) is 5.75 Å². The first-order chi connectivity index (χ1) is 14.1. The molecular formula is C22H33N5O2. The molecule has 0 saturated carbocycles. The fourth-order valence-corrected chi connectivity index (χ4v) is 3.36. The first kappa shape index (κ1) is 21.2. The molecule has 7 nitrogen and oxygen atoms in total. The maximum absolute atomic E-state index is 6.13. The number of hydrogen-bond acceptors (Lipinski definition) is 4. The van der Waals surface area contributed by atoms with Crippen molar-refractivity contribution in [3.05, 3.63) is 47.3 Å². The standard InChI is InChI=1S/C22H33N5O2/c1-17-6-7-20(21(11-17)29-16-19-8-10-28-15-19)13-25-22(23-2)24-9-4-5-18-12-26-27(3)14-18/h6-7,11-12,14,19H,4-5,8-10,13,15-16H2,1-3H3,(H2,23,24,25). The Morgan fingerprint density at radius 1 is 1.38 bits per heavy atom. The Labute approximate surface area is 173 Å². The van der Waals surface area contributed by atoms with E-state index in [-0.39, 0.29) is 0 Å². The van der Waals surface area contributed by atoms with Gasteiger partial charge < -0.3 is 20.1 Å². The molecule has 0 bridgehead atoms. The van der Waals surface area contributed by atoms with Gasteiger partial charge in [0.05, 0.1) is 19.4 Å². The Kier molecular flexibility index (Phi) is 7.93. The van der Waals surface area contributed by atoms with E-state index in [1.54, 1.807) is 7.05 Å². The van der Waals surface area contributed by atoms with E-state index in [1.165, 1.54) is 11.1 Å². The fraction of sp³-hybridized carbons (Fsp3) is 0.545. The highest BCUT2D eigenvalue weighted by molar-refractivity contribution is 5.79. The van der Waals surface area contributed by atoms with Crippen molar-refractivity contribution >= 4 is 5.96 Å². The second-order valence-electron chi connectivity index (χ2n) is 7.63. The average Bonchev–Trinajstić information content (AvgIpc) is 3.38. The molecule has 29 heavy (non-hydrogen) atoms. The van der Waals surface area contributed by atoms with Gasteiger partial charge in [-0.05, 0) is 43.4 Å². The summed E-state index contributed by atoms with van der Waals surface area (Å²) in [6, 6.07) is 6.35. The summed E-state index contributed by atoms with van der Waals surface area (Å²) < 4.78 is 13.4. The molecule has 7 heteroatoms. The SMILES string of the molecule is CN=C(NCCCc1cnn(C)c1)NCc1ccc(C)cc1OCC1CCOC1. The van der Waals surface area contributed by atoms with Gasteiger partial charge in [0, 0.05) is 51.5 Å². The molecule has 2 aromatic rings. The lowest BCUT2D eigenvalue weighted by Gasteiger charge is -2.17. The van der Waals surface area contributed by atoms with Crippen LogP contribution < -0.4 is 15.4 Å². The quantitative estimate of drug-likeness (QED) is 0.385. The number of nitrogens with one attached hydrogen (secondary N) is 2. The van der Waals surface area contributed by atoms with Gasteiger partial charge in [0.25, 0.3) is 0 Å². The molecule has 1 aromatic carbocycles. The van der Waals surface area contributed by atoms with Crippen molar-refractivity contribution in [2.24, 2.45) is 18.0 Å². The van der Waals surface area contributed by atoms with Gasteiger partial charge in [-0.25, -0.2) is 0 Å². The van der Waals surface area contributed by atoms with Crippen LogP contribution in [0.15, 0.2) is 35.6 Å². The molecule has 2 heterocycles. The lowest BCUT2D eigenvalue weighted by Crippen LogP contribution is -2.37. The van der Waals surface area contributed by atoms with Crippen molar-refractivity contribution in [1.82, 2.24) is 20.4 Å². The Balaban J connectivity index is 1.45. The van der Waals surface area contributed by atoms with Crippen LogP contribution in [0.3, 0.4) is 0 Å². The predicted molar refractivity (Wildman–Crippen MR) is 115 cm³/mol. The second kappa shape index (κ2) is 10.9.